The molecule has 0 unspecified atom stereocenters. The fourth-order valence-corrected chi connectivity index (χ4v) is 2.61. The van der Waals surface area contributed by atoms with Gasteiger partial charge in [-0.3, -0.25) is 14.3 Å². The highest BCUT2D eigenvalue weighted by Gasteiger charge is 2.17. The molecule has 4 heterocycles. The van der Waals surface area contributed by atoms with E-state index >= 15 is 0 Å². The lowest BCUT2D eigenvalue weighted by Crippen LogP contribution is -2.31. The summed E-state index contributed by atoms with van der Waals surface area (Å²) in [7, 11) is 0. The Morgan fingerprint density at radius 1 is 1.28 bits per heavy atom. The van der Waals surface area contributed by atoms with E-state index in [1.165, 1.54) is 12.3 Å². The number of H-pyrrole nitrogens is 1. The Labute approximate surface area is 140 Å². The summed E-state index contributed by atoms with van der Waals surface area (Å²) in [5.41, 5.74) is -0.0823. The standard InChI is InChI=1S/C17H12N4O4/c22-15-13(7-10-8-19-14-12(10)4-1-5-18-14)16(23)21(17(24)20-15)9-11-3-2-6-25-11/h1-8,23H,9H2,(H,20,22,24)/b10-7+. The zero-order chi connectivity index (χ0) is 17.4. The van der Waals surface area contributed by atoms with Gasteiger partial charge in [-0.2, -0.15) is 0 Å². The first-order valence-corrected chi connectivity index (χ1v) is 7.43. The van der Waals surface area contributed by atoms with E-state index in [4.69, 9.17) is 4.42 Å². The highest BCUT2D eigenvalue weighted by molar-refractivity contribution is 6.21. The number of allylic oxidation sites excluding steroid dienone is 1. The van der Waals surface area contributed by atoms with Gasteiger partial charge in [0.1, 0.15) is 11.3 Å². The van der Waals surface area contributed by atoms with E-state index in [0.717, 1.165) is 10.1 Å². The van der Waals surface area contributed by atoms with Crippen LogP contribution in [0.25, 0.3) is 11.6 Å². The number of nitrogens with zero attached hydrogens (tertiary/aromatic N) is 3. The van der Waals surface area contributed by atoms with E-state index in [1.54, 1.807) is 30.6 Å². The van der Waals surface area contributed by atoms with Crippen molar-refractivity contribution in [1.82, 2.24) is 14.5 Å². The summed E-state index contributed by atoms with van der Waals surface area (Å²) in [5.74, 6) is 0.567. The average molecular weight is 336 g/mol. The molecule has 0 atom stereocenters. The molecule has 3 aromatic rings. The van der Waals surface area contributed by atoms with Crippen LogP contribution in [0, 0.1) is 0 Å². The van der Waals surface area contributed by atoms with Crippen molar-refractivity contribution >= 4 is 23.7 Å². The molecule has 0 saturated heterocycles. The van der Waals surface area contributed by atoms with Crippen molar-refractivity contribution in [3.8, 4) is 5.88 Å². The van der Waals surface area contributed by atoms with Crippen molar-refractivity contribution in [3.05, 3.63) is 74.5 Å². The SMILES string of the molecule is O=c1[nH]c(=O)n(Cc2ccco2)c(O)c1/C=C1\C=Nc2ncccc21. The summed E-state index contributed by atoms with van der Waals surface area (Å²) < 4.78 is 6.22. The van der Waals surface area contributed by atoms with Gasteiger partial charge >= 0.3 is 5.69 Å². The second kappa shape index (κ2) is 5.75. The number of pyridine rings is 1. The molecule has 0 fully saturated rings. The summed E-state index contributed by atoms with van der Waals surface area (Å²) in [6.07, 6.45) is 6.11. The zero-order valence-corrected chi connectivity index (χ0v) is 12.8. The molecule has 8 nitrogen and oxygen atoms in total. The van der Waals surface area contributed by atoms with Crippen molar-refractivity contribution < 1.29 is 9.52 Å². The second-order valence-electron chi connectivity index (χ2n) is 5.39. The van der Waals surface area contributed by atoms with Gasteiger partial charge in [0.15, 0.2) is 5.82 Å². The summed E-state index contributed by atoms with van der Waals surface area (Å²) in [4.78, 5) is 34.7. The van der Waals surface area contributed by atoms with E-state index in [0.29, 0.717) is 17.2 Å². The molecular formula is C17H12N4O4. The fraction of sp³-hybridized carbons (Fsp3) is 0.0588. The van der Waals surface area contributed by atoms with Gasteiger partial charge in [0.05, 0.1) is 12.8 Å². The first-order valence-electron chi connectivity index (χ1n) is 7.43. The van der Waals surface area contributed by atoms with Gasteiger partial charge in [0, 0.05) is 23.5 Å². The van der Waals surface area contributed by atoms with E-state index in [2.05, 4.69) is 15.0 Å². The van der Waals surface area contributed by atoms with Crippen molar-refractivity contribution in [1.29, 1.82) is 0 Å². The number of furan rings is 1. The van der Waals surface area contributed by atoms with Crippen LogP contribution in [0.3, 0.4) is 0 Å². The predicted molar refractivity (Wildman–Crippen MR) is 91.1 cm³/mol. The molecule has 2 N–H and O–H groups in total. The zero-order valence-electron chi connectivity index (χ0n) is 12.8. The van der Waals surface area contributed by atoms with E-state index in [-0.39, 0.29) is 12.1 Å². The Kier molecular flexibility index (Phi) is 3.42. The predicted octanol–water partition coefficient (Wildman–Crippen LogP) is 1.53. The number of hydrogen-bond donors (Lipinski definition) is 2. The fourth-order valence-electron chi connectivity index (χ4n) is 2.61. The van der Waals surface area contributed by atoms with Crippen LogP contribution < -0.4 is 11.2 Å². The molecule has 1 aliphatic heterocycles. The number of aromatic hydroxyl groups is 1. The molecule has 0 saturated carbocycles. The van der Waals surface area contributed by atoms with Gasteiger partial charge in [0.25, 0.3) is 5.56 Å². The number of aromatic amines is 1. The molecule has 4 rings (SSSR count). The van der Waals surface area contributed by atoms with Crippen LogP contribution in [0.15, 0.2) is 55.7 Å². The number of hydrogen-bond acceptors (Lipinski definition) is 6. The van der Waals surface area contributed by atoms with Crippen LogP contribution in [0.4, 0.5) is 5.82 Å². The maximum Gasteiger partial charge on any atom is 0.331 e. The van der Waals surface area contributed by atoms with Crippen LogP contribution >= 0.6 is 0 Å². The highest BCUT2D eigenvalue weighted by atomic mass is 16.3. The first-order chi connectivity index (χ1) is 12.1. The summed E-state index contributed by atoms with van der Waals surface area (Å²) in [6.45, 7) is -0.00312. The molecule has 1 aliphatic rings. The van der Waals surface area contributed by atoms with Gasteiger partial charge in [-0.25, -0.2) is 14.8 Å². The molecule has 124 valence electrons. The lowest BCUT2D eigenvalue weighted by atomic mass is 10.1. The molecule has 0 aliphatic carbocycles. The third-order valence-electron chi connectivity index (χ3n) is 3.82. The monoisotopic (exact) mass is 336 g/mol. The molecule has 3 aromatic heterocycles. The van der Waals surface area contributed by atoms with Crippen molar-refractivity contribution in [2.45, 2.75) is 6.54 Å². The number of aliphatic imine (C=N–C) groups is 1. The summed E-state index contributed by atoms with van der Waals surface area (Å²) >= 11 is 0. The lowest BCUT2D eigenvalue weighted by molar-refractivity contribution is 0.392. The Bertz CT molecular complexity index is 1120. The molecule has 0 radical (unpaired) electrons. The quantitative estimate of drug-likeness (QED) is 0.753. The van der Waals surface area contributed by atoms with Crippen LogP contribution in [0.2, 0.25) is 0 Å². The molecule has 8 heteroatoms. The highest BCUT2D eigenvalue weighted by Crippen LogP contribution is 2.30. The number of aromatic nitrogens is 3. The van der Waals surface area contributed by atoms with Crippen LogP contribution in [0.5, 0.6) is 5.88 Å². The van der Waals surface area contributed by atoms with Gasteiger partial charge in [-0.15, -0.1) is 0 Å². The molecule has 25 heavy (non-hydrogen) atoms. The third-order valence-corrected chi connectivity index (χ3v) is 3.82. The Morgan fingerprint density at radius 3 is 2.96 bits per heavy atom. The maximum atomic E-state index is 12.2. The molecule has 0 amide bonds. The van der Waals surface area contributed by atoms with Crippen LogP contribution in [0.1, 0.15) is 16.9 Å². The lowest BCUT2D eigenvalue weighted by Gasteiger charge is -2.08. The minimum Gasteiger partial charge on any atom is -0.494 e. The summed E-state index contributed by atoms with van der Waals surface area (Å²) in [6, 6.07) is 6.90. The smallest absolute Gasteiger partial charge is 0.331 e. The van der Waals surface area contributed by atoms with Gasteiger partial charge in [-0.05, 0) is 30.3 Å². The van der Waals surface area contributed by atoms with Crippen LogP contribution in [-0.4, -0.2) is 25.9 Å². The molecular weight excluding hydrogens is 324 g/mol. The van der Waals surface area contributed by atoms with E-state index < -0.39 is 17.1 Å². The number of nitrogens with one attached hydrogen (secondary N) is 1. The Balaban J connectivity index is 1.84. The largest absolute Gasteiger partial charge is 0.494 e. The number of rotatable bonds is 3. The van der Waals surface area contributed by atoms with Gasteiger partial charge < -0.3 is 9.52 Å². The Hall–Kier alpha value is -3.68. The average Bonchev–Trinajstić information content (AvgIpc) is 3.25. The minimum atomic E-state index is -0.719. The molecule has 0 spiro atoms. The topological polar surface area (TPSA) is 113 Å². The maximum absolute atomic E-state index is 12.2. The Morgan fingerprint density at radius 2 is 2.16 bits per heavy atom. The van der Waals surface area contributed by atoms with Crippen molar-refractivity contribution in [3.63, 3.8) is 0 Å². The minimum absolute atomic E-state index is 0.00312. The van der Waals surface area contributed by atoms with Gasteiger partial charge in [0.2, 0.25) is 5.88 Å². The second-order valence-corrected chi connectivity index (χ2v) is 5.39. The van der Waals surface area contributed by atoms with E-state index in [9.17, 15) is 14.7 Å². The molecule has 0 aromatic carbocycles. The van der Waals surface area contributed by atoms with Crippen molar-refractivity contribution in [2.24, 2.45) is 4.99 Å². The number of fused-ring (bicyclic) bond motifs is 1. The third kappa shape index (κ3) is 2.59. The van der Waals surface area contributed by atoms with E-state index in [1.807, 2.05) is 6.07 Å². The summed E-state index contributed by atoms with van der Waals surface area (Å²) in [5, 5.41) is 10.5. The first kappa shape index (κ1) is 14.9. The van der Waals surface area contributed by atoms with Crippen molar-refractivity contribution in [2.75, 3.05) is 0 Å². The van der Waals surface area contributed by atoms with Crippen LogP contribution in [-0.2, 0) is 6.54 Å². The normalized spacial score (nSPS) is 14.2. The molecule has 0 bridgehead atoms. The van der Waals surface area contributed by atoms with Gasteiger partial charge in [-0.1, -0.05) is 0 Å².